The van der Waals surface area contributed by atoms with E-state index in [-0.39, 0.29) is 30.4 Å². The quantitative estimate of drug-likeness (QED) is 0.903. The van der Waals surface area contributed by atoms with Gasteiger partial charge in [-0.3, -0.25) is 9.48 Å². The topological polar surface area (TPSA) is 50.2 Å². The lowest BCUT2D eigenvalue weighted by molar-refractivity contribution is -0.121. The van der Waals surface area contributed by atoms with E-state index in [9.17, 15) is 13.6 Å². The molecular formula is C18H22F2N4O. The first-order valence-electron chi connectivity index (χ1n) is 8.48. The number of nitrogens with one attached hydrogen (secondary N) is 1. The van der Waals surface area contributed by atoms with Gasteiger partial charge in [0, 0.05) is 38.8 Å². The van der Waals surface area contributed by atoms with Crippen LogP contribution in [0.4, 0.5) is 14.5 Å². The Bertz CT molecular complexity index is 746. The predicted octanol–water partition coefficient (Wildman–Crippen LogP) is 2.42. The lowest BCUT2D eigenvalue weighted by Crippen LogP contribution is -2.47. The molecule has 1 unspecified atom stereocenters. The number of aryl methyl sites for hydroxylation is 2. The fourth-order valence-corrected chi connectivity index (χ4v) is 3.18. The Labute approximate surface area is 145 Å². The summed E-state index contributed by atoms with van der Waals surface area (Å²) >= 11 is 0. The lowest BCUT2D eigenvalue weighted by atomic mass is 10.0. The molecule has 5 nitrogen and oxygen atoms in total. The van der Waals surface area contributed by atoms with Crippen LogP contribution in [-0.4, -0.2) is 34.8 Å². The second-order valence-electron chi connectivity index (χ2n) is 6.46. The van der Waals surface area contributed by atoms with Gasteiger partial charge in [0.1, 0.15) is 11.6 Å². The van der Waals surface area contributed by atoms with Crippen molar-refractivity contribution in [3.8, 4) is 0 Å². The van der Waals surface area contributed by atoms with Gasteiger partial charge in [0.15, 0.2) is 0 Å². The Hall–Kier alpha value is -2.44. The highest BCUT2D eigenvalue weighted by Crippen LogP contribution is 2.19. The average molecular weight is 348 g/mol. The highest BCUT2D eigenvalue weighted by atomic mass is 19.1. The zero-order valence-electron chi connectivity index (χ0n) is 14.2. The van der Waals surface area contributed by atoms with Gasteiger partial charge in [0.2, 0.25) is 5.91 Å². The molecule has 1 aliphatic heterocycles. The van der Waals surface area contributed by atoms with E-state index in [0.717, 1.165) is 49.8 Å². The molecule has 25 heavy (non-hydrogen) atoms. The fourth-order valence-electron chi connectivity index (χ4n) is 3.18. The molecule has 2 heterocycles. The molecule has 0 radical (unpaired) electrons. The summed E-state index contributed by atoms with van der Waals surface area (Å²) in [6, 6.07) is 3.37. The summed E-state index contributed by atoms with van der Waals surface area (Å²) in [5.74, 6) is -1.10. The molecule has 0 aliphatic carbocycles. The third kappa shape index (κ3) is 4.55. The fraction of sp³-hybridized carbons (Fsp3) is 0.444. The molecule has 3 rings (SSSR count). The molecule has 0 saturated carbocycles. The molecular weight excluding hydrogens is 326 g/mol. The number of piperidine rings is 1. The number of hydrogen-bond donors (Lipinski definition) is 1. The smallest absolute Gasteiger partial charge is 0.220 e. The molecule has 1 aliphatic rings. The van der Waals surface area contributed by atoms with Crippen molar-refractivity contribution in [2.75, 3.05) is 18.0 Å². The zero-order chi connectivity index (χ0) is 17.8. The van der Waals surface area contributed by atoms with Crippen LogP contribution >= 0.6 is 0 Å². The first kappa shape index (κ1) is 17.4. The molecule has 1 aromatic heterocycles. The number of carbonyl (C=O) groups excluding carboxylic acids is 1. The maximum atomic E-state index is 13.6. The largest absolute Gasteiger partial charge is 0.367 e. The van der Waals surface area contributed by atoms with Crippen LogP contribution in [0.1, 0.15) is 24.8 Å². The first-order chi connectivity index (χ1) is 12.0. The molecule has 0 spiro atoms. The Balaban J connectivity index is 1.51. The molecule has 1 fully saturated rings. The molecule has 0 bridgehead atoms. The van der Waals surface area contributed by atoms with E-state index in [4.69, 9.17) is 0 Å². The summed E-state index contributed by atoms with van der Waals surface area (Å²) in [5, 5.41) is 7.18. The summed E-state index contributed by atoms with van der Waals surface area (Å²) < 4.78 is 28.5. The van der Waals surface area contributed by atoms with Crippen molar-refractivity contribution >= 4 is 11.6 Å². The van der Waals surface area contributed by atoms with Gasteiger partial charge in [-0.2, -0.15) is 5.10 Å². The normalized spacial score (nSPS) is 17.6. The van der Waals surface area contributed by atoms with Crippen LogP contribution in [0.5, 0.6) is 0 Å². The number of halogens is 2. The number of aromatic nitrogens is 2. The predicted molar refractivity (Wildman–Crippen MR) is 91.3 cm³/mol. The number of rotatable bonds is 5. The number of hydrogen-bond acceptors (Lipinski definition) is 3. The molecule has 1 amide bonds. The van der Waals surface area contributed by atoms with E-state index < -0.39 is 11.6 Å². The van der Waals surface area contributed by atoms with Crippen molar-refractivity contribution in [3.05, 3.63) is 47.8 Å². The van der Waals surface area contributed by atoms with Crippen molar-refractivity contribution < 1.29 is 13.6 Å². The maximum absolute atomic E-state index is 13.6. The van der Waals surface area contributed by atoms with Gasteiger partial charge < -0.3 is 10.2 Å². The average Bonchev–Trinajstić information content (AvgIpc) is 3.02. The van der Waals surface area contributed by atoms with Crippen LogP contribution in [-0.2, 0) is 18.3 Å². The minimum atomic E-state index is -0.490. The van der Waals surface area contributed by atoms with Gasteiger partial charge >= 0.3 is 0 Å². The third-order valence-electron chi connectivity index (χ3n) is 4.47. The van der Waals surface area contributed by atoms with E-state index in [2.05, 4.69) is 15.3 Å². The Morgan fingerprint density at radius 1 is 1.40 bits per heavy atom. The minimum Gasteiger partial charge on any atom is -0.367 e. The summed E-state index contributed by atoms with van der Waals surface area (Å²) in [4.78, 5) is 14.4. The van der Waals surface area contributed by atoms with Crippen LogP contribution in [0.25, 0.3) is 0 Å². The highest BCUT2D eigenvalue weighted by molar-refractivity contribution is 5.76. The SMILES string of the molecule is Cn1cc(N2CCCC(NC(=O)CCc3cc(F)ccc3F)C2)cn1. The number of benzene rings is 1. The zero-order valence-corrected chi connectivity index (χ0v) is 14.2. The number of nitrogens with zero attached hydrogens (tertiary/aromatic N) is 3. The van der Waals surface area contributed by atoms with Crippen molar-refractivity contribution in [1.29, 1.82) is 0 Å². The second-order valence-corrected chi connectivity index (χ2v) is 6.46. The van der Waals surface area contributed by atoms with Crippen LogP contribution in [0.15, 0.2) is 30.6 Å². The third-order valence-corrected chi connectivity index (χ3v) is 4.47. The number of anilines is 1. The molecule has 1 N–H and O–H groups in total. The van der Waals surface area contributed by atoms with Crippen LogP contribution < -0.4 is 10.2 Å². The second kappa shape index (κ2) is 7.63. The molecule has 2 aromatic rings. The first-order valence-corrected chi connectivity index (χ1v) is 8.48. The van der Waals surface area contributed by atoms with Gasteiger partial charge in [0.25, 0.3) is 0 Å². The van der Waals surface area contributed by atoms with Gasteiger partial charge in [0.05, 0.1) is 11.9 Å². The van der Waals surface area contributed by atoms with Crippen LogP contribution in [0.2, 0.25) is 0 Å². The standard InChI is InChI=1S/C18H22F2N4O/c1-23-12-16(10-21-23)24-8-2-3-15(11-24)22-18(25)7-4-13-9-14(19)5-6-17(13)20/h5-6,9-10,12,15H,2-4,7-8,11H2,1H3,(H,22,25). The summed E-state index contributed by atoms with van der Waals surface area (Å²) in [5.41, 5.74) is 1.28. The monoisotopic (exact) mass is 348 g/mol. The molecule has 1 atom stereocenters. The molecule has 1 saturated heterocycles. The Morgan fingerprint density at radius 3 is 3.00 bits per heavy atom. The van der Waals surface area contributed by atoms with E-state index in [1.165, 1.54) is 0 Å². The van der Waals surface area contributed by atoms with Crippen molar-refractivity contribution in [2.45, 2.75) is 31.7 Å². The summed E-state index contributed by atoms with van der Waals surface area (Å²) in [6.45, 7) is 1.67. The lowest BCUT2D eigenvalue weighted by Gasteiger charge is -2.33. The van der Waals surface area contributed by atoms with Crippen molar-refractivity contribution in [1.82, 2.24) is 15.1 Å². The van der Waals surface area contributed by atoms with E-state index in [1.807, 2.05) is 19.4 Å². The van der Waals surface area contributed by atoms with E-state index in [0.29, 0.717) is 0 Å². The number of amides is 1. The van der Waals surface area contributed by atoms with Gasteiger partial charge in [-0.15, -0.1) is 0 Å². The summed E-state index contributed by atoms with van der Waals surface area (Å²) in [6.07, 6.45) is 6.00. The van der Waals surface area contributed by atoms with Crippen LogP contribution in [0, 0.1) is 11.6 Å². The molecule has 1 aromatic carbocycles. The minimum absolute atomic E-state index is 0.0545. The van der Waals surface area contributed by atoms with Crippen LogP contribution in [0.3, 0.4) is 0 Å². The number of carbonyl (C=O) groups is 1. The maximum Gasteiger partial charge on any atom is 0.220 e. The summed E-state index contributed by atoms with van der Waals surface area (Å²) in [7, 11) is 1.87. The Kier molecular flexibility index (Phi) is 5.31. The van der Waals surface area contributed by atoms with Gasteiger partial charge in [-0.25, -0.2) is 8.78 Å². The highest BCUT2D eigenvalue weighted by Gasteiger charge is 2.22. The Morgan fingerprint density at radius 2 is 2.24 bits per heavy atom. The van der Waals surface area contributed by atoms with Crippen molar-refractivity contribution in [3.63, 3.8) is 0 Å². The van der Waals surface area contributed by atoms with Gasteiger partial charge in [-0.05, 0) is 43.0 Å². The van der Waals surface area contributed by atoms with Crippen molar-refractivity contribution in [2.24, 2.45) is 7.05 Å². The molecule has 134 valence electrons. The van der Waals surface area contributed by atoms with E-state index in [1.54, 1.807) is 4.68 Å². The van der Waals surface area contributed by atoms with Gasteiger partial charge in [-0.1, -0.05) is 0 Å². The van der Waals surface area contributed by atoms with E-state index >= 15 is 0 Å². The molecule has 7 heteroatoms.